The number of hydrogen-bond acceptors (Lipinski definition) is 4. The van der Waals surface area contributed by atoms with E-state index >= 15 is 0 Å². The summed E-state index contributed by atoms with van der Waals surface area (Å²) < 4.78 is 10.9. The second-order valence-electron chi connectivity index (χ2n) is 3.95. The molecule has 0 saturated carbocycles. The third-order valence-electron chi connectivity index (χ3n) is 2.19. The molecule has 100 valence electrons. The number of hydrogen-bond donors (Lipinski definition) is 0. The molecule has 1 rings (SSSR count). The van der Waals surface area contributed by atoms with E-state index in [-0.39, 0.29) is 11.8 Å². The summed E-state index contributed by atoms with van der Waals surface area (Å²) in [6.45, 7) is 4.83. The highest BCUT2D eigenvalue weighted by Gasteiger charge is 2.10. The Morgan fingerprint density at radius 3 is 2.67 bits per heavy atom. The SMILES string of the molecule is CC(C)OCCOc1ccc([N+](=O)[O-])cc1CBr. The quantitative estimate of drug-likeness (QED) is 0.335. The van der Waals surface area contributed by atoms with Crippen molar-refractivity contribution in [2.24, 2.45) is 0 Å². The van der Waals surface area contributed by atoms with Crippen molar-refractivity contribution in [1.29, 1.82) is 0 Å². The van der Waals surface area contributed by atoms with Gasteiger partial charge < -0.3 is 9.47 Å². The topological polar surface area (TPSA) is 61.6 Å². The monoisotopic (exact) mass is 317 g/mol. The summed E-state index contributed by atoms with van der Waals surface area (Å²) in [5.74, 6) is 0.643. The summed E-state index contributed by atoms with van der Waals surface area (Å²) in [7, 11) is 0. The van der Waals surface area contributed by atoms with Crippen molar-refractivity contribution in [3.63, 3.8) is 0 Å². The summed E-state index contributed by atoms with van der Waals surface area (Å²) in [5.41, 5.74) is 0.823. The van der Waals surface area contributed by atoms with Gasteiger partial charge in [-0.05, 0) is 19.9 Å². The number of nitro groups is 1. The van der Waals surface area contributed by atoms with Crippen molar-refractivity contribution >= 4 is 21.6 Å². The average Bonchev–Trinajstić information content (AvgIpc) is 2.34. The van der Waals surface area contributed by atoms with Crippen LogP contribution in [0.2, 0.25) is 0 Å². The van der Waals surface area contributed by atoms with Crippen molar-refractivity contribution in [2.45, 2.75) is 25.3 Å². The summed E-state index contributed by atoms with van der Waals surface area (Å²) in [6.07, 6.45) is 0.168. The minimum atomic E-state index is -0.419. The first-order chi connectivity index (χ1) is 8.54. The van der Waals surface area contributed by atoms with Gasteiger partial charge in [-0.15, -0.1) is 0 Å². The maximum Gasteiger partial charge on any atom is 0.270 e. The van der Waals surface area contributed by atoms with Crippen LogP contribution in [-0.2, 0) is 10.1 Å². The molecule has 6 heteroatoms. The average molecular weight is 318 g/mol. The van der Waals surface area contributed by atoms with Crippen LogP contribution in [0, 0.1) is 10.1 Å². The molecule has 5 nitrogen and oxygen atoms in total. The van der Waals surface area contributed by atoms with Gasteiger partial charge in [0, 0.05) is 23.0 Å². The first-order valence-corrected chi connectivity index (χ1v) is 6.74. The van der Waals surface area contributed by atoms with Crippen LogP contribution >= 0.6 is 15.9 Å². The normalized spacial score (nSPS) is 10.7. The molecule has 0 fully saturated rings. The van der Waals surface area contributed by atoms with E-state index in [2.05, 4.69) is 15.9 Å². The van der Waals surface area contributed by atoms with Crippen LogP contribution < -0.4 is 4.74 Å². The number of non-ortho nitro benzene ring substituents is 1. The van der Waals surface area contributed by atoms with E-state index in [0.717, 1.165) is 5.56 Å². The van der Waals surface area contributed by atoms with Crippen LogP contribution in [-0.4, -0.2) is 24.2 Å². The van der Waals surface area contributed by atoms with Gasteiger partial charge in [-0.3, -0.25) is 10.1 Å². The van der Waals surface area contributed by atoms with Gasteiger partial charge in [0.05, 0.1) is 17.6 Å². The van der Waals surface area contributed by atoms with Gasteiger partial charge in [-0.25, -0.2) is 0 Å². The van der Waals surface area contributed by atoms with Gasteiger partial charge in [0.1, 0.15) is 12.4 Å². The van der Waals surface area contributed by atoms with E-state index in [1.54, 1.807) is 6.07 Å². The van der Waals surface area contributed by atoms with E-state index in [9.17, 15) is 10.1 Å². The zero-order valence-corrected chi connectivity index (χ0v) is 12.0. The van der Waals surface area contributed by atoms with Gasteiger partial charge in [-0.2, -0.15) is 0 Å². The van der Waals surface area contributed by atoms with E-state index in [1.165, 1.54) is 12.1 Å². The molecule has 0 unspecified atom stereocenters. The van der Waals surface area contributed by atoms with Crippen molar-refractivity contribution in [1.82, 2.24) is 0 Å². The highest BCUT2D eigenvalue weighted by Crippen LogP contribution is 2.26. The van der Waals surface area contributed by atoms with Crippen LogP contribution in [0.3, 0.4) is 0 Å². The lowest BCUT2D eigenvalue weighted by Crippen LogP contribution is -2.11. The summed E-state index contributed by atoms with van der Waals surface area (Å²) in [5, 5.41) is 11.2. The number of ether oxygens (including phenoxy) is 2. The van der Waals surface area contributed by atoms with Crippen molar-refractivity contribution < 1.29 is 14.4 Å². The molecule has 0 spiro atoms. The lowest BCUT2D eigenvalue weighted by Gasteiger charge is -2.11. The maximum atomic E-state index is 10.6. The summed E-state index contributed by atoms with van der Waals surface area (Å²) in [4.78, 5) is 10.2. The van der Waals surface area contributed by atoms with Crippen molar-refractivity contribution in [2.75, 3.05) is 13.2 Å². The number of rotatable bonds is 7. The van der Waals surface area contributed by atoms with Crippen molar-refractivity contribution in [3.8, 4) is 5.75 Å². The maximum absolute atomic E-state index is 10.6. The van der Waals surface area contributed by atoms with Crippen LogP contribution in [0.1, 0.15) is 19.4 Å². The molecule has 0 N–H and O–H groups in total. The zero-order chi connectivity index (χ0) is 13.5. The van der Waals surface area contributed by atoms with Crippen LogP contribution in [0.25, 0.3) is 0 Å². The molecule has 18 heavy (non-hydrogen) atoms. The fourth-order valence-electron chi connectivity index (χ4n) is 1.36. The Labute approximate surface area is 114 Å². The van der Waals surface area contributed by atoms with Gasteiger partial charge in [-0.1, -0.05) is 15.9 Å². The van der Waals surface area contributed by atoms with Gasteiger partial charge >= 0.3 is 0 Å². The number of halogens is 1. The smallest absolute Gasteiger partial charge is 0.270 e. The Bertz CT molecular complexity index is 409. The summed E-state index contributed by atoms with van der Waals surface area (Å²) in [6, 6.07) is 4.56. The Morgan fingerprint density at radius 2 is 2.11 bits per heavy atom. The number of nitro benzene ring substituents is 1. The fourth-order valence-corrected chi connectivity index (χ4v) is 1.80. The third-order valence-corrected chi connectivity index (χ3v) is 2.80. The predicted molar refractivity (Wildman–Crippen MR) is 72.3 cm³/mol. The molecule has 0 aliphatic carbocycles. The van der Waals surface area contributed by atoms with E-state index in [4.69, 9.17) is 9.47 Å². The molecular formula is C12H16BrNO4. The second-order valence-corrected chi connectivity index (χ2v) is 4.51. The van der Waals surface area contributed by atoms with Gasteiger partial charge in [0.25, 0.3) is 5.69 Å². The number of alkyl halides is 1. The molecule has 1 aromatic rings. The highest BCUT2D eigenvalue weighted by molar-refractivity contribution is 9.08. The van der Waals surface area contributed by atoms with E-state index < -0.39 is 4.92 Å². The fraction of sp³-hybridized carbons (Fsp3) is 0.500. The van der Waals surface area contributed by atoms with Crippen molar-refractivity contribution in [3.05, 3.63) is 33.9 Å². The van der Waals surface area contributed by atoms with Crippen LogP contribution in [0.4, 0.5) is 5.69 Å². The molecule has 0 bridgehead atoms. The number of nitrogens with zero attached hydrogens (tertiary/aromatic N) is 1. The number of benzene rings is 1. The Hall–Kier alpha value is -1.14. The minimum absolute atomic E-state index is 0.0650. The molecule has 0 aliphatic rings. The third kappa shape index (κ3) is 4.62. The second kappa shape index (κ2) is 7.33. The molecule has 0 saturated heterocycles. The standard InChI is InChI=1S/C12H16BrNO4/c1-9(2)17-5-6-18-12-4-3-11(14(15)16)7-10(12)8-13/h3-4,7,9H,5-6,8H2,1-2H3. The lowest BCUT2D eigenvalue weighted by molar-refractivity contribution is -0.384. The molecule has 0 amide bonds. The molecule has 0 aromatic heterocycles. The van der Waals surface area contributed by atoms with Crippen LogP contribution in [0.5, 0.6) is 5.75 Å². The first-order valence-electron chi connectivity index (χ1n) is 5.62. The van der Waals surface area contributed by atoms with Crippen LogP contribution in [0.15, 0.2) is 18.2 Å². The molecule has 0 atom stereocenters. The highest BCUT2D eigenvalue weighted by atomic mass is 79.9. The minimum Gasteiger partial charge on any atom is -0.491 e. The van der Waals surface area contributed by atoms with Gasteiger partial charge in [0.2, 0.25) is 0 Å². The molecule has 0 radical (unpaired) electrons. The Kier molecular flexibility index (Phi) is 6.07. The zero-order valence-electron chi connectivity index (χ0n) is 10.4. The first kappa shape index (κ1) is 14.9. The largest absolute Gasteiger partial charge is 0.491 e. The summed E-state index contributed by atoms with van der Waals surface area (Å²) >= 11 is 3.29. The molecular weight excluding hydrogens is 302 g/mol. The molecule has 1 aromatic carbocycles. The van der Waals surface area contributed by atoms with E-state index in [0.29, 0.717) is 24.3 Å². The Morgan fingerprint density at radius 1 is 1.39 bits per heavy atom. The Balaban J connectivity index is 2.62. The predicted octanol–water partition coefficient (Wildman–Crippen LogP) is 3.29. The molecule has 0 aliphatic heterocycles. The molecule has 0 heterocycles. The van der Waals surface area contributed by atoms with E-state index in [1.807, 2.05) is 13.8 Å². The van der Waals surface area contributed by atoms with Gasteiger partial charge in [0.15, 0.2) is 0 Å². The lowest BCUT2D eigenvalue weighted by atomic mass is 10.2.